The van der Waals surface area contributed by atoms with Gasteiger partial charge in [0.1, 0.15) is 15.7 Å². The van der Waals surface area contributed by atoms with E-state index in [1.165, 1.54) is 18.4 Å². The molecule has 0 unspecified atom stereocenters. The Kier molecular flexibility index (Phi) is 7.26. The summed E-state index contributed by atoms with van der Waals surface area (Å²) in [5.74, 6) is -2.14. The number of nitrogens with one attached hydrogen (secondary N) is 5. The highest BCUT2D eigenvalue weighted by atomic mass is 32.2. The van der Waals surface area contributed by atoms with Gasteiger partial charge in [-0.3, -0.25) is 15.6 Å². The molecular formula is C22H29F2N7O4S3. The second-order valence-corrected chi connectivity index (χ2v) is 13.0. The molecule has 0 spiro atoms. The number of thiophene rings is 1. The van der Waals surface area contributed by atoms with Gasteiger partial charge < -0.3 is 15.4 Å². The first-order chi connectivity index (χ1) is 17.9. The van der Waals surface area contributed by atoms with E-state index < -0.39 is 34.8 Å². The minimum atomic E-state index is -4.15. The number of alkyl halides is 2. The Balaban J connectivity index is 1.30. The van der Waals surface area contributed by atoms with E-state index in [1.807, 2.05) is 0 Å². The van der Waals surface area contributed by atoms with E-state index in [4.69, 9.17) is 17.0 Å². The van der Waals surface area contributed by atoms with Gasteiger partial charge in [-0.15, -0.1) is 16.4 Å². The zero-order valence-corrected chi connectivity index (χ0v) is 23.2. The molecule has 38 heavy (non-hydrogen) atoms. The fourth-order valence-electron chi connectivity index (χ4n) is 4.63. The van der Waals surface area contributed by atoms with Crippen LogP contribution < -0.4 is 30.9 Å². The van der Waals surface area contributed by atoms with E-state index in [-0.39, 0.29) is 27.8 Å². The molecular weight excluding hydrogens is 560 g/mol. The number of ether oxygens (including phenoxy) is 1. The van der Waals surface area contributed by atoms with E-state index in [1.54, 1.807) is 17.8 Å². The number of thiocarbonyl (C=S) groups is 1. The Morgan fingerprint density at radius 1 is 1.26 bits per heavy atom. The third-order valence-electron chi connectivity index (χ3n) is 6.78. The molecule has 208 valence electrons. The molecule has 0 bridgehead atoms. The molecule has 0 radical (unpaired) electrons. The quantitative estimate of drug-likeness (QED) is 0.220. The number of fused-ring (bicyclic) bond motifs is 1. The second-order valence-electron chi connectivity index (χ2n) is 9.87. The molecule has 3 aliphatic carbocycles. The van der Waals surface area contributed by atoms with Gasteiger partial charge in [0.05, 0.1) is 7.11 Å². The van der Waals surface area contributed by atoms with Crippen molar-refractivity contribution in [3.8, 4) is 5.88 Å². The van der Waals surface area contributed by atoms with Crippen molar-refractivity contribution in [1.82, 2.24) is 25.2 Å². The number of carbonyl (C=O) groups excluding carboxylic acids is 1. The number of amides is 1. The lowest BCUT2D eigenvalue weighted by Crippen LogP contribution is -2.50. The van der Waals surface area contributed by atoms with E-state index in [2.05, 4.69) is 31.3 Å². The van der Waals surface area contributed by atoms with Crippen molar-refractivity contribution in [2.75, 3.05) is 17.9 Å². The van der Waals surface area contributed by atoms with Crippen LogP contribution in [0, 0.1) is 5.92 Å². The molecule has 16 heteroatoms. The third kappa shape index (κ3) is 5.87. The number of methoxy groups -OCH3 is 1. The van der Waals surface area contributed by atoms with Crippen LogP contribution in [0.3, 0.4) is 0 Å². The van der Waals surface area contributed by atoms with Gasteiger partial charge in [-0.1, -0.05) is 0 Å². The molecule has 3 aliphatic rings. The summed E-state index contributed by atoms with van der Waals surface area (Å²) in [7, 11) is -0.897. The van der Waals surface area contributed by atoms with Gasteiger partial charge >= 0.3 is 0 Å². The van der Waals surface area contributed by atoms with Gasteiger partial charge in [0.25, 0.3) is 5.92 Å². The molecule has 11 nitrogen and oxygen atoms in total. The van der Waals surface area contributed by atoms with Crippen LogP contribution in [0.5, 0.6) is 5.88 Å². The first kappa shape index (κ1) is 27.0. The van der Waals surface area contributed by atoms with Crippen LogP contribution in [0.15, 0.2) is 11.0 Å². The lowest BCUT2D eigenvalue weighted by atomic mass is 9.89. The number of rotatable bonds is 9. The molecule has 0 saturated heterocycles. The predicted octanol–water partition coefficient (Wildman–Crippen LogP) is 2.26. The fraction of sp³-hybridized carbons (Fsp3) is 0.591. The van der Waals surface area contributed by atoms with Crippen molar-refractivity contribution in [2.45, 2.75) is 67.8 Å². The number of carbonyl (C=O) groups is 1. The molecule has 1 amide bonds. The molecule has 1 atom stereocenters. The van der Waals surface area contributed by atoms with Gasteiger partial charge in [0.2, 0.25) is 21.8 Å². The zero-order chi connectivity index (χ0) is 27.2. The summed E-state index contributed by atoms with van der Waals surface area (Å²) >= 11 is 6.66. The first-order valence-electron chi connectivity index (χ1n) is 12.2. The van der Waals surface area contributed by atoms with Crippen LogP contribution in [-0.2, 0) is 34.7 Å². The Labute approximate surface area is 228 Å². The smallest absolute Gasteiger partial charge is 0.251 e. The monoisotopic (exact) mass is 589 g/mol. The number of nitrogens with zero attached hydrogens (tertiary/aromatic N) is 2. The number of hydrogen-bond donors (Lipinski definition) is 5. The highest BCUT2D eigenvalue weighted by molar-refractivity contribution is 7.90. The van der Waals surface area contributed by atoms with Crippen molar-refractivity contribution in [3.05, 3.63) is 16.5 Å². The largest absolute Gasteiger partial charge is 0.480 e. The standard InChI is InChI=1S/C22H29F2N7O4S3/c1-31-16(8-17(29-31)35-2)27-28-21(36)25-12-5-6-15-14(7-12)18(20(37-15)26-19(32)11-3-4-11)38(33,34)30-13-9-22(23,24)10-13/h8,11-13,27,30H,3-7,9-10H2,1-2H3,(H,26,32)(H2,25,28,36)/t12-/m0/s1. The van der Waals surface area contributed by atoms with Gasteiger partial charge in [-0.2, -0.15) is 0 Å². The maximum absolute atomic E-state index is 13.4. The van der Waals surface area contributed by atoms with Gasteiger partial charge in [0, 0.05) is 48.8 Å². The summed E-state index contributed by atoms with van der Waals surface area (Å²) in [6, 6.07) is 0.658. The molecule has 0 aromatic carbocycles. The summed E-state index contributed by atoms with van der Waals surface area (Å²) in [5, 5.41) is 10.7. The zero-order valence-electron chi connectivity index (χ0n) is 20.8. The minimum absolute atomic E-state index is 0.0211. The van der Waals surface area contributed by atoms with Crippen molar-refractivity contribution >= 4 is 55.4 Å². The Morgan fingerprint density at radius 2 is 2.00 bits per heavy atom. The molecule has 5 N–H and O–H groups in total. The number of aromatic nitrogens is 2. The highest BCUT2D eigenvalue weighted by Gasteiger charge is 2.48. The van der Waals surface area contributed by atoms with Gasteiger partial charge in [0.15, 0.2) is 5.11 Å². The molecule has 5 rings (SSSR count). The van der Waals surface area contributed by atoms with E-state index >= 15 is 0 Å². The average molecular weight is 590 g/mol. The summed E-state index contributed by atoms with van der Waals surface area (Å²) < 4.78 is 62.7. The fourth-order valence-corrected chi connectivity index (χ4v) is 8.06. The molecule has 2 heterocycles. The van der Waals surface area contributed by atoms with Crippen molar-refractivity contribution < 1.29 is 26.7 Å². The van der Waals surface area contributed by atoms with Gasteiger partial charge in [-0.05, 0) is 49.9 Å². The Morgan fingerprint density at radius 3 is 2.63 bits per heavy atom. The molecule has 2 aromatic rings. The van der Waals surface area contributed by atoms with Crippen LogP contribution in [0.1, 0.15) is 42.5 Å². The van der Waals surface area contributed by atoms with Crippen LogP contribution in [0.2, 0.25) is 0 Å². The van der Waals surface area contributed by atoms with Gasteiger partial charge in [-0.25, -0.2) is 26.6 Å². The average Bonchev–Trinajstić information content (AvgIpc) is 3.52. The summed E-state index contributed by atoms with van der Waals surface area (Å²) in [6.45, 7) is 0. The number of hydrazine groups is 1. The number of sulfonamides is 1. The maximum atomic E-state index is 13.4. The maximum Gasteiger partial charge on any atom is 0.251 e. The Bertz CT molecular complexity index is 1350. The third-order valence-corrected chi connectivity index (χ3v) is 9.97. The van der Waals surface area contributed by atoms with E-state index in [9.17, 15) is 22.0 Å². The SMILES string of the molecule is COc1cc(NNC(=S)N[C@H]2CCc3sc(NC(=O)C4CC4)c(S(=O)(=O)NC4CC(F)(F)C4)c3C2)n(C)n1. The highest BCUT2D eigenvalue weighted by Crippen LogP contribution is 2.44. The molecule has 0 aliphatic heterocycles. The lowest BCUT2D eigenvalue weighted by Gasteiger charge is -2.35. The number of aryl methyl sites for hydroxylation is 2. The molecule has 2 saturated carbocycles. The Hall–Kier alpha value is -2.56. The topological polar surface area (TPSA) is 138 Å². The van der Waals surface area contributed by atoms with E-state index in [0.717, 1.165) is 17.7 Å². The van der Waals surface area contributed by atoms with Crippen LogP contribution in [0.4, 0.5) is 19.6 Å². The van der Waals surface area contributed by atoms with Crippen molar-refractivity contribution in [2.24, 2.45) is 13.0 Å². The summed E-state index contributed by atoms with van der Waals surface area (Å²) in [4.78, 5) is 13.3. The van der Waals surface area contributed by atoms with Crippen LogP contribution in [0.25, 0.3) is 0 Å². The number of halogens is 2. The summed E-state index contributed by atoms with van der Waals surface area (Å²) in [5.41, 5.74) is 6.42. The minimum Gasteiger partial charge on any atom is -0.480 e. The van der Waals surface area contributed by atoms with Crippen molar-refractivity contribution in [1.29, 1.82) is 0 Å². The second kappa shape index (κ2) is 10.2. The molecule has 2 aromatic heterocycles. The predicted molar refractivity (Wildman–Crippen MR) is 142 cm³/mol. The van der Waals surface area contributed by atoms with Crippen LogP contribution in [-0.4, -0.2) is 54.3 Å². The molecule has 2 fully saturated rings. The van der Waals surface area contributed by atoms with Crippen molar-refractivity contribution in [3.63, 3.8) is 0 Å². The normalized spacial score (nSPS) is 20.7. The summed E-state index contributed by atoms with van der Waals surface area (Å²) in [6.07, 6.45) is 2.06. The van der Waals surface area contributed by atoms with Crippen LogP contribution >= 0.6 is 23.6 Å². The lowest BCUT2D eigenvalue weighted by molar-refractivity contribution is -0.117. The first-order valence-corrected chi connectivity index (χ1v) is 14.9. The number of anilines is 2. The number of hydrogen-bond acceptors (Lipinski definition) is 8. The van der Waals surface area contributed by atoms with E-state index in [0.29, 0.717) is 41.6 Å².